The van der Waals surface area contributed by atoms with Crippen molar-refractivity contribution in [3.8, 4) is 0 Å². The number of nitrogen functional groups attached to an aromatic ring is 1. The zero-order valence-corrected chi connectivity index (χ0v) is 5.67. The van der Waals surface area contributed by atoms with E-state index in [1.165, 1.54) is 18.4 Å². The van der Waals surface area contributed by atoms with Crippen molar-refractivity contribution in [1.29, 1.82) is 0 Å². The van der Waals surface area contributed by atoms with E-state index < -0.39 is 0 Å². The van der Waals surface area contributed by atoms with Crippen molar-refractivity contribution < 1.29 is 8.81 Å². The van der Waals surface area contributed by atoms with E-state index in [1.54, 1.807) is 6.07 Å². The van der Waals surface area contributed by atoms with E-state index in [0.717, 1.165) is 0 Å². The summed E-state index contributed by atoms with van der Waals surface area (Å²) in [5.74, 6) is -0.337. The maximum Gasteiger partial charge on any atom is 0.156 e. The number of anilines is 1. The highest BCUT2D eigenvalue weighted by molar-refractivity contribution is 5.87. The van der Waals surface area contributed by atoms with E-state index in [9.17, 15) is 4.39 Å². The fourth-order valence-electron chi connectivity index (χ4n) is 1.07. The van der Waals surface area contributed by atoms with Crippen molar-refractivity contribution in [2.45, 2.75) is 0 Å². The number of rotatable bonds is 0. The molecule has 56 valence electrons. The Morgan fingerprint density at radius 1 is 1.36 bits per heavy atom. The Morgan fingerprint density at radius 2 is 2.18 bits per heavy atom. The van der Waals surface area contributed by atoms with Gasteiger partial charge in [-0.1, -0.05) is 0 Å². The molecule has 2 nitrogen and oxygen atoms in total. The van der Waals surface area contributed by atoms with Gasteiger partial charge in [-0.15, -0.1) is 0 Å². The SMILES string of the molecule is Nc1cc(F)cc2ccoc12. The summed E-state index contributed by atoms with van der Waals surface area (Å²) in [5.41, 5.74) is 6.35. The van der Waals surface area contributed by atoms with Crippen LogP contribution in [0.5, 0.6) is 0 Å². The van der Waals surface area contributed by atoms with Crippen LogP contribution in [0.25, 0.3) is 11.0 Å². The van der Waals surface area contributed by atoms with E-state index in [0.29, 0.717) is 16.7 Å². The van der Waals surface area contributed by atoms with Gasteiger partial charge >= 0.3 is 0 Å². The third-order valence-electron chi connectivity index (χ3n) is 1.54. The van der Waals surface area contributed by atoms with Gasteiger partial charge in [0.05, 0.1) is 12.0 Å². The molecule has 2 aromatic rings. The molecule has 2 rings (SSSR count). The minimum atomic E-state index is -0.337. The highest BCUT2D eigenvalue weighted by Crippen LogP contribution is 2.22. The second-order valence-corrected chi connectivity index (χ2v) is 2.33. The van der Waals surface area contributed by atoms with E-state index >= 15 is 0 Å². The van der Waals surface area contributed by atoms with E-state index in [2.05, 4.69) is 0 Å². The quantitative estimate of drug-likeness (QED) is 0.586. The van der Waals surface area contributed by atoms with E-state index in [-0.39, 0.29) is 5.82 Å². The molecule has 0 amide bonds. The Kier molecular flexibility index (Phi) is 1.12. The number of nitrogens with two attached hydrogens (primary N) is 1. The van der Waals surface area contributed by atoms with E-state index in [4.69, 9.17) is 10.2 Å². The maximum atomic E-state index is 12.7. The van der Waals surface area contributed by atoms with Crippen LogP contribution in [0, 0.1) is 5.82 Å². The van der Waals surface area contributed by atoms with Gasteiger partial charge in [0, 0.05) is 11.5 Å². The largest absolute Gasteiger partial charge is 0.462 e. The predicted molar refractivity (Wildman–Crippen MR) is 40.6 cm³/mol. The highest BCUT2D eigenvalue weighted by Gasteiger charge is 2.02. The van der Waals surface area contributed by atoms with Crippen LogP contribution < -0.4 is 5.73 Å². The molecule has 0 aliphatic carbocycles. The first-order valence-corrected chi connectivity index (χ1v) is 3.19. The van der Waals surface area contributed by atoms with Gasteiger partial charge in [0.1, 0.15) is 5.82 Å². The van der Waals surface area contributed by atoms with E-state index in [1.807, 2.05) is 0 Å². The van der Waals surface area contributed by atoms with Crippen molar-refractivity contribution in [2.75, 3.05) is 5.73 Å². The van der Waals surface area contributed by atoms with Gasteiger partial charge in [0.15, 0.2) is 5.58 Å². The van der Waals surface area contributed by atoms with Gasteiger partial charge in [-0.3, -0.25) is 0 Å². The summed E-state index contributed by atoms with van der Waals surface area (Å²) in [5, 5.41) is 0.697. The van der Waals surface area contributed by atoms with Gasteiger partial charge in [0.25, 0.3) is 0 Å². The lowest BCUT2D eigenvalue weighted by Gasteiger charge is -1.93. The summed E-state index contributed by atoms with van der Waals surface area (Å²) in [4.78, 5) is 0. The number of benzene rings is 1. The summed E-state index contributed by atoms with van der Waals surface area (Å²) in [6.45, 7) is 0. The average molecular weight is 151 g/mol. The van der Waals surface area contributed by atoms with Gasteiger partial charge in [-0.2, -0.15) is 0 Å². The average Bonchev–Trinajstić information content (AvgIpc) is 2.34. The fourth-order valence-corrected chi connectivity index (χ4v) is 1.07. The summed E-state index contributed by atoms with van der Waals surface area (Å²) in [6, 6.07) is 4.30. The van der Waals surface area contributed by atoms with Crippen molar-refractivity contribution in [2.24, 2.45) is 0 Å². The van der Waals surface area contributed by atoms with Crippen LogP contribution in [0.1, 0.15) is 0 Å². The lowest BCUT2D eigenvalue weighted by atomic mass is 10.2. The lowest BCUT2D eigenvalue weighted by molar-refractivity contribution is 0.611. The van der Waals surface area contributed by atoms with Crippen LogP contribution in [0.3, 0.4) is 0 Å². The number of halogens is 1. The molecular formula is C8H6FNO. The summed E-state index contributed by atoms with van der Waals surface area (Å²) >= 11 is 0. The standard InChI is InChI=1S/C8H6FNO/c9-6-3-5-1-2-11-8(5)7(10)4-6/h1-4H,10H2. The normalized spacial score (nSPS) is 10.6. The molecule has 3 heteroatoms. The highest BCUT2D eigenvalue weighted by atomic mass is 19.1. The zero-order valence-electron chi connectivity index (χ0n) is 5.67. The van der Waals surface area contributed by atoms with Crippen LogP contribution in [0.2, 0.25) is 0 Å². The molecular weight excluding hydrogens is 145 g/mol. The Bertz CT molecular complexity index is 394. The Hall–Kier alpha value is -1.51. The Labute approximate surface area is 62.4 Å². The van der Waals surface area contributed by atoms with Gasteiger partial charge in [-0.25, -0.2) is 4.39 Å². The van der Waals surface area contributed by atoms with Crippen LogP contribution in [0.4, 0.5) is 10.1 Å². The van der Waals surface area contributed by atoms with Gasteiger partial charge in [-0.05, 0) is 12.1 Å². The summed E-state index contributed by atoms with van der Waals surface area (Å²) in [6.07, 6.45) is 1.49. The second kappa shape index (κ2) is 1.99. The van der Waals surface area contributed by atoms with Crippen LogP contribution in [0.15, 0.2) is 28.9 Å². The fraction of sp³-hybridized carbons (Fsp3) is 0. The third-order valence-corrected chi connectivity index (χ3v) is 1.54. The molecule has 0 bridgehead atoms. The maximum absolute atomic E-state index is 12.7. The monoisotopic (exact) mass is 151 g/mol. The minimum absolute atomic E-state index is 0.337. The summed E-state index contributed by atoms with van der Waals surface area (Å²) < 4.78 is 17.7. The molecule has 0 spiro atoms. The topological polar surface area (TPSA) is 39.2 Å². The molecule has 1 heterocycles. The van der Waals surface area contributed by atoms with Gasteiger partial charge < -0.3 is 10.2 Å². The van der Waals surface area contributed by atoms with Crippen LogP contribution in [-0.4, -0.2) is 0 Å². The van der Waals surface area contributed by atoms with Crippen molar-refractivity contribution in [1.82, 2.24) is 0 Å². The first-order chi connectivity index (χ1) is 5.27. The number of hydrogen-bond acceptors (Lipinski definition) is 2. The molecule has 0 atom stereocenters. The molecule has 11 heavy (non-hydrogen) atoms. The lowest BCUT2D eigenvalue weighted by Crippen LogP contribution is -1.85. The number of hydrogen-bond donors (Lipinski definition) is 1. The van der Waals surface area contributed by atoms with Crippen LogP contribution >= 0.6 is 0 Å². The Morgan fingerprint density at radius 3 is 3.00 bits per heavy atom. The number of fused-ring (bicyclic) bond motifs is 1. The Balaban J connectivity index is 2.91. The van der Waals surface area contributed by atoms with Crippen molar-refractivity contribution in [3.63, 3.8) is 0 Å². The first-order valence-electron chi connectivity index (χ1n) is 3.19. The van der Waals surface area contributed by atoms with Crippen molar-refractivity contribution >= 4 is 16.7 Å². The molecule has 0 aliphatic rings. The molecule has 0 fully saturated rings. The molecule has 0 saturated heterocycles. The molecule has 0 saturated carbocycles. The molecule has 1 aromatic carbocycles. The molecule has 1 aromatic heterocycles. The molecule has 0 radical (unpaired) electrons. The zero-order chi connectivity index (χ0) is 7.84. The summed E-state index contributed by atoms with van der Waals surface area (Å²) in [7, 11) is 0. The van der Waals surface area contributed by atoms with Crippen LogP contribution in [-0.2, 0) is 0 Å². The predicted octanol–water partition coefficient (Wildman–Crippen LogP) is 2.15. The smallest absolute Gasteiger partial charge is 0.156 e. The van der Waals surface area contributed by atoms with Crippen molar-refractivity contribution in [3.05, 3.63) is 30.3 Å². The second-order valence-electron chi connectivity index (χ2n) is 2.33. The third kappa shape index (κ3) is 0.852. The van der Waals surface area contributed by atoms with Gasteiger partial charge in [0.2, 0.25) is 0 Å². The molecule has 0 unspecified atom stereocenters. The molecule has 0 aliphatic heterocycles. The number of furan rings is 1. The first kappa shape index (κ1) is 6.22. The minimum Gasteiger partial charge on any atom is -0.462 e. The molecule has 2 N–H and O–H groups in total.